The van der Waals surface area contributed by atoms with E-state index in [4.69, 9.17) is 4.74 Å². The first-order valence-electron chi connectivity index (χ1n) is 5.52. The number of rotatable bonds is 4. The largest absolute Gasteiger partial charge is 0.493 e. The van der Waals surface area contributed by atoms with E-state index in [-0.39, 0.29) is 0 Å². The molecule has 0 spiro atoms. The van der Waals surface area contributed by atoms with Crippen molar-refractivity contribution in [2.75, 3.05) is 6.61 Å². The zero-order chi connectivity index (χ0) is 11.4. The van der Waals surface area contributed by atoms with E-state index in [0.717, 1.165) is 22.7 Å². The molecule has 3 heteroatoms. The second-order valence-electron chi connectivity index (χ2n) is 3.41. The Morgan fingerprint density at radius 3 is 2.75 bits per heavy atom. The molecule has 1 aromatic carbocycles. The molecule has 16 heavy (non-hydrogen) atoms. The molecule has 0 atom stereocenters. The average Bonchev–Trinajstić information content (AvgIpc) is 2.79. The normalized spacial score (nSPS) is 10.4. The van der Waals surface area contributed by atoms with Crippen LogP contribution >= 0.6 is 11.3 Å². The molecule has 0 aliphatic heterocycles. The summed E-state index contributed by atoms with van der Waals surface area (Å²) < 4.78 is 5.60. The molecule has 84 valence electrons. The standard InChI is InChI=1S/C13H15NOS/c1-3-10-9-14-13(16-10)11-7-5-6-8-12(11)15-4-2/h5-9H,3-4H2,1-2H3. The van der Waals surface area contributed by atoms with Crippen LogP contribution in [0.15, 0.2) is 30.5 Å². The van der Waals surface area contributed by atoms with Gasteiger partial charge in [0.2, 0.25) is 0 Å². The van der Waals surface area contributed by atoms with Gasteiger partial charge in [-0.3, -0.25) is 0 Å². The highest BCUT2D eigenvalue weighted by molar-refractivity contribution is 7.15. The van der Waals surface area contributed by atoms with Crippen molar-refractivity contribution in [2.24, 2.45) is 0 Å². The molecular formula is C13H15NOS. The molecule has 0 saturated carbocycles. The zero-order valence-electron chi connectivity index (χ0n) is 9.56. The predicted molar refractivity (Wildman–Crippen MR) is 68.1 cm³/mol. The maximum atomic E-state index is 5.60. The van der Waals surface area contributed by atoms with Gasteiger partial charge in [0, 0.05) is 11.1 Å². The molecule has 0 saturated heterocycles. The predicted octanol–water partition coefficient (Wildman–Crippen LogP) is 3.77. The second-order valence-corrected chi connectivity index (χ2v) is 4.53. The fourth-order valence-electron chi connectivity index (χ4n) is 1.52. The number of hydrogen-bond donors (Lipinski definition) is 0. The lowest BCUT2D eigenvalue weighted by Gasteiger charge is -2.06. The summed E-state index contributed by atoms with van der Waals surface area (Å²) in [4.78, 5) is 5.75. The Kier molecular flexibility index (Phi) is 3.57. The summed E-state index contributed by atoms with van der Waals surface area (Å²) in [5.41, 5.74) is 1.09. The van der Waals surface area contributed by atoms with Gasteiger partial charge in [-0.1, -0.05) is 19.1 Å². The second kappa shape index (κ2) is 5.12. The van der Waals surface area contributed by atoms with Gasteiger partial charge in [0.15, 0.2) is 0 Å². The van der Waals surface area contributed by atoms with Crippen LogP contribution in [0.2, 0.25) is 0 Å². The van der Waals surface area contributed by atoms with E-state index < -0.39 is 0 Å². The quantitative estimate of drug-likeness (QED) is 0.802. The van der Waals surface area contributed by atoms with Gasteiger partial charge in [0.25, 0.3) is 0 Å². The van der Waals surface area contributed by atoms with E-state index in [2.05, 4.69) is 18.0 Å². The first-order valence-corrected chi connectivity index (χ1v) is 6.33. The molecule has 0 radical (unpaired) electrons. The summed E-state index contributed by atoms with van der Waals surface area (Å²) in [6.45, 7) is 4.82. The van der Waals surface area contributed by atoms with Crippen molar-refractivity contribution < 1.29 is 4.74 Å². The number of aryl methyl sites for hydroxylation is 1. The number of nitrogens with zero attached hydrogens (tertiary/aromatic N) is 1. The molecule has 2 rings (SSSR count). The minimum absolute atomic E-state index is 0.684. The van der Waals surface area contributed by atoms with Gasteiger partial charge in [-0.25, -0.2) is 4.98 Å². The van der Waals surface area contributed by atoms with Crippen LogP contribution in [0.4, 0.5) is 0 Å². The number of hydrogen-bond acceptors (Lipinski definition) is 3. The zero-order valence-corrected chi connectivity index (χ0v) is 10.4. The third-order valence-electron chi connectivity index (χ3n) is 2.32. The minimum Gasteiger partial charge on any atom is -0.493 e. The van der Waals surface area contributed by atoms with Gasteiger partial charge in [0.05, 0.1) is 12.2 Å². The SMILES string of the molecule is CCOc1ccccc1-c1ncc(CC)s1. The molecule has 0 aliphatic carbocycles. The fourth-order valence-corrected chi connectivity index (χ4v) is 2.40. The lowest BCUT2D eigenvalue weighted by Crippen LogP contribution is -1.93. The van der Waals surface area contributed by atoms with E-state index in [1.807, 2.05) is 31.3 Å². The van der Waals surface area contributed by atoms with E-state index in [0.29, 0.717) is 6.61 Å². The first kappa shape index (κ1) is 11.1. The van der Waals surface area contributed by atoms with Crippen LogP contribution in [0.25, 0.3) is 10.6 Å². The number of benzene rings is 1. The van der Waals surface area contributed by atoms with E-state index in [1.54, 1.807) is 11.3 Å². The monoisotopic (exact) mass is 233 g/mol. The molecule has 0 fully saturated rings. The lowest BCUT2D eigenvalue weighted by molar-refractivity contribution is 0.341. The Morgan fingerprint density at radius 1 is 1.25 bits per heavy atom. The van der Waals surface area contributed by atoms with Gasteiger partial charge in [-0.05, 0) is 25.5 Å². The van der Waals surface area contributed by atoms with Gasteiger partial charge in [0.1, 0.15) is 10.8 Å². The molecule has 0 unspecified atom stereocenters. The summed E-state index contributed by atoms with van der Waals surface area (Å²) in [6.07, 6.45) is 2.98. The molecule has 1 aromatic heterocycles. The molecule has 2 nitrogen and oxygen atoms in total. The molecule has 2 aromatic rings. The van der Waals surface area contributed by atoms with Crippen molar-refractivity contribution in [1.29, 1.82) is 0 Å². The molecule has 1 heterocycles. The van der Waals surface area contributed by atoms with Crippen molar-refractivity contribution >= 4 is 11.3 Å². The van der Waals surface area contributed by atoms with Crippen LogP contribution in [-0.4, -0.2) is 11.6 Å². The smallest absolute Gasteiger partial charge is 0.129 e. The minimum atomic E-state index is 0.684. The summed E-state index contributed by atoms with van der Waals surface area (Å²) >= 11 is 1.73. The van der Waals surface area contributed by atoms with Gasteiger partial charge in [-0.2, -0.15) is 0 Å². The number of thiazole rings is 1. The van der Waals surface area contributed by atoms with Crippen LogP contribution in [0.1, 0.15) is 18.7 Å². The Bertz CT molecular complexity index is 464. The molecule has 0 N–H and O–H groups in total. The van der Waals surface area contributed by atoms with Crippen molar-refractivity contribution in [3.63, 3.8) is 0 Å². The lowest BCUT2D eigenvalue weighted by atomic mass is 10.2. The maximum Gasteiger partial charge on any atom is 0.129 e. The number of aromatic nitrogens is 1. The first-order chi connectivity index (χ1) is 7.85. The van der Waals surface area contributed by atoms with Crippen LogP contribution in [0.3, 0.4) is 0 Å². The Morgan fingerprint density at radius 2 is 2.06 bits per heavy atom. The molecule has 0 aliphatic rings. The van der Waals surface area contributed by atoms with Crippen molar-refractivity contribution in [2.45, 2.75) is 20.3 Å². The van der Waals surface area contributed by atoms with Crippen molar-refractivity contribution in [3.05, 3.63) is 35.3 Å². The molecule has 0 bridgehead atoms. The molecule has 0 amide bonds. The van der Waals surface area contributed by atoms with Crippen LogP contribution in [0.5, 0.6) is 5.75 Å². The van der Waals surface area contributed by atoms with Crippen LogP contribution < -0.4 is 4.74 Å². The number of para-hydroxylation sites is 1. The number of ether oxygens (including phenoxy) is 1. The summed E-state index contributed by atoms with van der Waals surface area (Å²) in [5, 5.41) is 1.04. The highest BCUT2D eigenvalue weighted by Gasteiger charge is 2.09. The van der Waals surface area contributed by atoms with Gasteiger partial charge in [-0.15, -0.1) is 11.3 Å². The van der Waals surface area contributed by atoms with E-state index >= 15 is 0 Å². The average molecular weight is 233 g/mol. The Labute approximate surface area is 99.9 Å². The van der Waals surface area contributed by atoms with E-state index in [9.17, 15) is 0 Å². The topological polar surface area (TPSA) is 22.1 Å². The van der Waals surface area contributed by atoms with Crippen LogP contribution in [0, 0.1) is 0 Å². The Balaban J connectivity index is 2.38. The Hall–Kier alpha value is -1.35. The van der Waals surface area contributed by atoms with Crippen molar-refractivity contribution in [1.82, 2.24) is 4.98 Å². The maximum absolute atomic E-state index is 5.60. The fraction of sp³-hybridized carbons (Fsp3) is 0.308. The highest BCUT2D eigenvalue weighted by Crippen LogP contribution is 2.32. The highest BCUT2D eigenvalue weighted by atomic mass is 32.1. The summed E-state index contributed by atoms with van der Waals surface area (Å²) in [5.74, 6) is 0.919. The summed E-state index contributed by atoms with van der Waals surface area (Å²) in [7, 11) is 0. The summed E-state index contributed by atoms with van der Waals surface area (Å²) in [6, 6.07) is 8.06. The third-order valence-corrected chi connectivity index (χ3v) is 3.49. The van der Waals surface area contributed by atoms with Gasteiger partial charge >= 0.3 is 0 Å². The van der Waals surface area contributed by atoms with E-state index in [1.165, 1.54) is 4.88 Å². The van der Waals surface area contributed by atoms with Gasteiger partial charge < -0.3 is 4.74 Å². The van der Waals surface area contributed by atoms with Crippen LogP contribution in [-0.2, 0) is 6.42 Å². The van der Waals surface area contributed by atoms with Crippen molar-refractivity contribution in [3.8, 4) is 16.3 Å². The molecular weight excluding hydrogens is 218 g/mol. The third kappa shape index (κ3) is 2.25.